The molecule has 0 unspecified atom stereocenters. The van der Waals surface area contributed by atoms with Crippen molar-refractivity contribution >= 4 is 17.7 Å². The quantitative estimate of drug-likeness (QED) is 0.733. The number of carboxylic acids is 1. The Morgan fingerprint density at radius 3 is 2.31 bits per heavy atom. The molecule has 0 aliphatic heterocycles. The van der Waals surface area contributed by atoms with Gasteiger partial charge in [-0.15, -0.1) is 0 Å². The van der Waals surface area contributed by atoms with Crippen LogP contribution in [0.1, 0.15) is 42.9 Å². The number of alkyl halides is 3. The number of aliphatic carboxylic acids is 1. The molecule has 2 rings (SSSR count). The van der Waals surface area contributed by atoms with E-state index < -0.39 is 41.7 Å². The van der Waals surface area contributed by atoms with Crippen molar-refractivity contribution in [1.82, 2.24) is 5.32 Å². The van der Waals surface area contributed by atoms with Crippen LogP contribution in [0.15, 0.2) is 24.3 Å². The first-order valence-corrected chi connectivity index (χ1v) is 7.99. The van der Waals surface area contributed by atoms with Gasteiger partial charge in [0.15, 0.2) is 6.10 Å². The average Bonchev–Trinajstić information content (AvgIpc) is 2.57. The molecule has 0 aromatic heterocycles. The first-order valence-electron chi connectivity index (χ1n) is 7.99. The van der Waals surface area contributed by atoms with Crippen molar-refractivity contribution in [3.8, 4) is 0 Å². The monoisotopic (exact) mass is 373 g/mol. The van der Waals surface area contributed by atoms with Crippen LogP contribution in [-0.4, -0.2) is 33.9 Å². The lowest BCUT2D eigenvalue weighted by Gasteiger charge is -2.28. The molecule has 1 aromatic carbocycles. The Kier molecular flexibility index (Phi) is 6.01. The molecule has 142 valence electrons. The smallest absolute Gasteiger partial charge is 0.416 e. The van der Waals surface area contributed by atoms with Crippen LogP contribution in [0.4, 0.5) is 13.2 Å². The van der Waals surface area contributed by atoms with Crippen molar-refractivity contribution < 1.29 is 37.8 Å². The summed E-state index contributed by atoms with van der Waals surface area (Å²) in [5.74, 6) is -3.06. The number of hydrogen-bond donors (Lipinski definition) is 3. The normalized spacial score (nSPS) is 20.3. The fraction of sp³-hybridized carbons (Fsp3) is 0.471. The Hall–Kier alpha value is -2.42. The maximum absolute atomic E-state index is 12.5. The van der Waals surface area contributed by atoms with Crippen LogP contribution in [0.3, 0.4) is 0 Å². The van der Waals surface area contributed by atoms with E-state index in [1.54, 1.807) is 0 Å². The van der Waals surface area contributed by atoms with Gasteiger partial charge in [0.25, 0.3) is 5.91 Å². The van der Waals surface area contributed by atoms with Crippen molar-refractivity contribution in [3.63, 3.8) is 0 Å². The van der Waals surface area contributed by atoms with Crippen LogP contribution in [0, 0.1) is 5.92 Å². The number of carbonyl (C=O) groups is 3. The van der Waals surface area contributed by atoms with Crippen molar-refractivity contribution in [2.75, 3.05) is 0 Å². The van der Waals surface area contributed by atoms with Gasteiger partial charge in [-0.3, -0.25) is 9.59 Å². The van der Waals surface area contributed by atoms with Gasteiger partial charge in [-0.05, 0) is 36.5 Å². The molecule has 1 aliphatic carbocycles. The number of halogens is 3. The van der Waals surface area contributed by atoms with Crippen molar-refractivity contribution in [2.45, 2.75) is 44.0 Å². The molecule has 1 amide bonds. The Morgan fingerprint density at radius 1 is 1.19 bits per heavy atom. The lowest BCUT2D eigenvalue weighted by molar-refractivity contribution is -0.146. The number of ketones is 1. The number of benzene rings is 1. The molecule has 1 aromatic rings. The fourth-order valence-electron chi connectivity index (χ4n) is 2.96. The number of aliphatic hydroxyl groups excluding tert-OH is 1. The molecular weight excluding hydrogens is 355 g/mol. The third kappa shape index (κ3) is 4.81. The van der Waals surface area contributed by atoms with E-state index in [2.05, 4.69) is 5.32 Å². The lowest BCUT2D eigenvalue weighted by atomic mass is 9.83. The Balaban J connectivity index is 2.08. The van der Waals surface area contributed by atoms with E-state index in [9.17, 15) is 37.8 Å². The second kappa shape index (κ2) is 7.86. The van der Waals surface area contributed by atoms with Gasteiger partial charge in [0, 0.05) is 12.8 Å². The summed E-state index contributed by atoms with van der Waals surface area (Å²) in [5, 5.41) is 21.5. The highest BCUT2D eigenvalue weighted by molar-refractivity contribution is 5.88. The van der Waals surface area contributed by atoms with Gasteiger partial charge < -0.3 is 15.5 Å². The van der Waals surface area contributed by atoms with Gasteiger partial charge in [0.05, 0.1) is 5.56 Å². The Bertz CT molecular complexity index is 687. The third-order valence-corrected chi connectivity index (χ3v) is 4.36. The summed E-state index contributed by atoms with van der Waals surface area (Å²) in [7, 11) is 0. The number of Topliss-reactive ketones (excluding diaryl/α,β-unsaturated/α-hetero) is 1. The van der Waals surface area contributed by atoms with Gasteiger partial charge in [-0.1, -0.05) is 12.1 Å². The molecule has 3 atom stereocenters. The summed E-state index contributed by atoms with van der Waals surface area (Å²) in [4.78, 5) is 35.1. The molecule has 3 N–H and O–H groups in total. The summed E-state index contributed by atoms with van der Waals surface area (Å²) in [6.07, 6.45) is -5.02. The zero-order valence-electron chi connectivity index (χ0n) is 13.6. The maximum atomic E-state index is 12.5. The highest BCUT2D eigenvalue weighted by Gasteiger charge is 2.35. The summed E-state index contributed by atoms with van der Waals surface area (Å²) in [5.41, 5.74) is -1.03. The number of carbonyl (C=O) groups excluding carboxylic acids is 2. The van der Waals surface area contributed by atoms with Crippen LogP contribution < -0.4 is 5.32 Å². The molecular formula is C17H18F3NO5. The molecule has 1 fully saturated rings. The molecule has 26 heavy (non-hydrogen) atoms. The van der Waals surface area contributed by atoms with E-state index in [1.165, 1.54) is 0 Å². The van der Waals surface area contributed by atoms with E-state index >= 15 is 0 Å². The maximum Gasteiger partial charge on any atom is 0.416 e. The SMILES string of the molecule is O=C1CCC[C@@H]([C@H](NC(=O)[C@@H](O)c2ccc(C(F)(F)F)cc2)C(=O)O)C1. The molecule has 1 aliphatic rings. The van der Waals surface area contributed by atoms with E-state index in [-0.39, 0.29) is 17.8 Å². The lowest BCUT2D eigenvalue weighted by Crippen LogP contribution is -2.48. The number of aliphatic hydroxyl groups is 1. The van der Waals surface area contributed by atoms with Gasteiger partial charge in [0.1, 0.15) is 11.8 Å². The highest BCUT2D eigenvalue weighted by Crippen LogP contribution is 2.30. The van der Waals surface area contributed by atoms with Crippen LogP contribution in [-0.2, 0) is 20.6 Å². The van der Waals surface area contributed by atoms with Crippen LogP contribution in [0.25, 0.3) is 0 Å². The van der Waals surface area contributed by atoms with Crippen molar-refractivity contribution in [3.05, 3.63) is 35.4 Å². The zero-order valence-corrected chi connectivity index (χ0v) is 13.6. The standard InChI is InChI=1S/C17H18F3NO5/c18-17(19,20)11-6-4-9(5-7-11)14(23)15(24)21-13(16(25)26)10-2-1-3-12(22)8-10/h4-7,10,13-14,23H,1-3,8H2,(H,21,24)(H,25,26)/t10-,13+,14+/m1/s1. The van der Waals surface area contributed by atoms with Crippen molar-refractivity contribution in [1.29, 1.82) is 0 Å². The summed E-state index contributed by atoms with van der Waals surface area (Å²) in [6, 6.07) is 2.00. The molecule has 0 bridgehead atoms. The van der Waals surface area contributed by atoms with Crippen molar-refractivity contribution in [2.24, 2.45) is 5.92 Å². The Morgan fingerprint density at radius 2 is 1.81 bits per heavy atom. The zero-order chi connectivity index (χ0) is 19.5. The first-order chi connectivity index (χ1) is 12.1. The topological polar surface area (TPSA) is 104 Å². The van der Waals surface area contributed by atoms with Gasteiger partial charge in [-0.2, -0.15) is 13.2 Å². The van der Waals surface area contributed by atoms with Gasteiger partial charge >= 0.3 is 12.1 Å². The van der Waals surface area contributed by atoms with E-state index in [0.29, 0.717) is 19.3 Å². The molecule has 6 nitrogen and oxygen atoms in total. The molecule has 0 radical (unpaired) electrons. The molecule has 0 spiro atoms. The van der Waals surface area contributed by atoms with Crippen LogP contribution >= 0.6 is 0 Å². The Labute approximate surface area is 147 Å². The number of rotatable bonds is 5. The second-order valence-corrected chi connectivity index (χ2v) is 6.24. The third-order valence-electron chi connectivity index (χ3n) is 4.36. The fourth-order valence-corrected chi connectivity index (χ4v) is 2.96. The van der Waals surface area contributed by atoms with Crippen LogP contribution in [0.2, 0.25) is 0 Å². The molecule has 0 saturated heterocycles. The number of amides is 1. The average molecular weight is 373 g/mol. The predicted molar refractivity (Wildman–Crippen MR) is 82.9 cm³/mol. The molecule has 0 heterocycles. The summed E-state index contributed by atoms with van der Waals surface area (Å²) in [6.45, 7) is 0. The van der Waals surface area contributed by atoms with Gasteiger partial charge in [-0.25, -0.2) is 4.79 Å². The minimum atomic E-state index is -4.55. The minimum Gasteiger partial charge on any atom is -0.480 e. The van der Waals surface area contributed by atoms with Gasteiger partial charge in [0.2, 0.25) is 0 Å². The summed E-state index contributed by atoms with van der Waals surface area (Å²) >= 11 is 0. The molecule has 9 heteroatoms. The predicted octanol–water partition coefficient (Wildman–Crippen LogP) is 2.07. The number of hydrogen-bond acceptors (Lipinski definition) is 4. The number of nitrogens with one attached hydrogen (secondary N) is 1. The van der Waals surface area contributed by atoms with E-state index in [1.807, 2.05) is 0 Å². The second-order valence-electron chi connectivity index (χ2n) is 6.24. The number of carboxylic acid groups (broad SMARTS) is 1. The first kappa shape index (κ1) is 19.9. The highest BCUT2D eigenvalue weighted by atomic mass is 19.4. The van der Waals surface area contributed by atoms with E-state index in [0.717, 1.165) is 24.3 Å². The minimum absolute atomic E-state index is 0.0214. The molecule has 1 saturated carbocycles. The van der Waals surface area contributed by atoms with Crippen LogP contribution in [0.5, 0.6) is 0 Å². The largest absolute Gasteiger partial charge is 0.480 e. The summed E-state index contributed by atoms with van der Waals surface area (Å²) < 4.78 is 37.6. The van der Waals surface area contributed by atoms with E-state index in [4.69, 9.17) is 0 Å².